The van der Waals surface area contributed by atoms with Crippen molar-refractivity contribution in [2.45, 2.75) is 5.33 Å². The molecule has 3 rings (SSSR count). The Labute approximate surface area is 119 Å². The molecular weight excluding hydrogens is 305 g/mol. The number of halogens is 2. The predicted octanol–water partition coefficient (Wildman–Crippen LogP) is 4.94. The molecular formula is C16H11BrFN. The smallest absolute Gasteiger partial charge is 0.123 e. The largest absolute Gasteiger partial charge is 0.248 e. The molecule has 94 valence electrons. The molecule has 1 aromatic heterocycles. The first-order chi connectivity index (χ1) is 9.26. The van der Waals surface area contributed by atoms with Crippen LogP contribution in [0, 0.1) is 5.82 Å². The van der Waals surface area contributed by atoms with Gasteiger partial charge >= 0.3 is 0 Å². The molecule has 0 amide bonds. The molecule has 0 aliphatic heterocycles. The SMILES string of the molecule is Fc1ccc(-c2ccc3cc(CBr)ccc3n2)cc1. The highest BCUT2D eigenvalue weighted by Crippen LogP contribution is 2.22. The van der Waals surface area contributed by atoms with Gasteiger partial charge in [0.2, 0.25) is 0 Å². The average molecular weight is 316 g/mol. The Balaban J connectivity index is 2.08. The molecule has 0 radical (unpaired) electrons. The number of rotatable bonds is 2. The Hall–Kier alpha value is -1.74. The maximum absolute atomic E-state index is 12.9. The Morgan fingerprint density at radius 2 is 1.74 bits per heavy atom. The second-order valence-corrected chi connectivity index (χ2v) is 4.92. The molecule has 0 aliphatic rings. The number of hydrogen-bond acceptors (Lipinski definition) is 1. The summed E-state index contributed by atoms with van der Waals surface area (Å²) in [7, 11) is 0. The van der Waals surface area contributed by atoms with Crippen LogP contribution >= 0.6 is 15.9 Å². The van der Waals surface area contributed by atoms with E-state index < -0.39 is 0 Å². The number of fused-ring (bicyclic) bond motifs is 1. The van der Waals surface area contributed by atoms with Gasteiger partial charge in [0.25, 0.3) is 0 Å². The van der Waals surface area contributed by atoms with Crippen molar-refractivity contribution >= 4 is 26.8 Å². The summed E-state index contributed by atoms with van der Waals surface area (Å²) in [4.78, 5) is 4.61. The van der Waals surface area contributed by atoms with E-state index in [0.717, 1.165) is 27.5 Å². The third-order valence-electron chi connectivity index (χ3n) is 3.05. The van der Waals surface area contributed by atoms with E-state index in [4.69, 9.17) is 0 Å². The fraction of sp³-hybridized carbons (Fsp3) is 0.0625. The molecule has 19 heavy (non-hydrogen) atoms. The van der Waals surface area contributed by atoms with E-state index in [2.05, 4.69) is 33.0 Å². The summed E-state index contributed by atoms with van der Waals surface area (Å²) in [5.41, 5.74) is 3.96. The number of benzene rings is 2. The molecule has 0 aliphatic carbocycles. The highest BCUT2D eigenvalue weighted by atomic mass is 79.9. The molecule has 0 bridgehead atoms. The van der Waals surface area contributed by atoms with Gasteiger partial charge in [-0.05, 0) is 48.0 Å². The minimum Gasteiger partial charge on any atom is -0.248 e. The van der Waals surface area contributed by atoms with Crippen molar-refractivity contribution in [2.24, 2.45) is 0 Å². The zero-order valence-corrected chi connectivity index (χ0v) is 11.7. The molecule has 0 atom stereocenters. The van der Waals surface area contributed by atoms with Crippen molar-refractivity contribution in [1.29, 1.82) is 0 Å². The van der Waals surface area contributed by atoms with Gasteiger partial charge in [0, 0.05) is 16.3 Å². The first-order valence-corrected chi connectivity index (χ1v) is 7.10. The highest BCUT2D eigenvalue weighted by molar-refractivity contribution is 9.08. The third kappa shape index (κ3) is 2.51. The summed E-state index contributed by atoms with van der Waals surface area (Å²) in [6.45, 7) is 0. The van der Waals surface area contributed by atoms with Crippen LogP contribution < -0.4 is 0 Å². The summed E-state index contributed by atoms with van der Waals surface area (Å²) in [5, 5.41) is 1.95. The van der Waals surface area contributed by atoms with Crippen LogP contribution in [0.3, 0.4) is 0 Å². The molecule has 3 heteroatoms. The Morgan fingerprint density at radius 3 is 2.47 bits per heavy atom. The van der Waals surface area contributed by atoms with Gasteiger partial charge in [-0.25, -0.2) is 9.37 Å². The summed E-state index contributed by atoms with van der Waals surface area (Å²) < 4.78 is 12.9. The van der Waals surface area contributed by atoms with E-state index in [1.807, 2.05) is 18.2 Å². The summed E-state index contributed by atoms with van der Waals surface area (Å²) in [6, 6.07) is 16.6. The van der Waals surface area contributed by atoms with Crippen molar-refractivity contribution in [3.8, 4) is 11.3 Å². The van der Waals surface area contributed by atoms with Gasteiger partial charge in [-0.15, -0.1) is 0 Å². The van der Waals surface area contributed by atoms with E-state index in [-0.39, 0.29) is 5.82 Å². The molecule has 3 aromatic rings. The molecule has 0 unspecified atom stereocenters. The van der Waals surface area contributed by atoms with Gasteiger partial charge < -0.3 is 0 Å². The van der Waals surface area contributed by atoms with Crippen molar-refractivity contribution in [2.75, 3.05) is 0 Å². The molecule has 0 saturated heterocycles. The van der Waals surface area contributed by atoms with Crippen molar-refractivity contribution < 1.29 is 4.39 Å². The zero-order chi connectivity index (χ0) is 13.2. The number of aromatic nitrogens is 1. The lowest BCUT2D eigenvalue weighted by atomic mass is 10.1. The fourth-order valence-corrected chi connectivity index (χ4v) is 2.39. The Bertz CT molecular complexity index is 722. The van der Waals surface area contributed by atoms with Crippen LogP contribution in [0.1, 0.15) is 5.56 Å². The topological polar surface area (TPSA) is 12.9 Å². The van der Waals surface area contributed by atoms with Crippen LogP contribution in [0.2, 0.25) is 0 Å². The minimum atomic E-state index is -0.230. The summed E-state index contributed by atoms with van der Waals surface area (Å²) >= 11 is 3.45. The van der Waals surface area contributed by atoms with Crippen molar-refractivity contribution in [3.05, 3.63) is 66.0 Å². The maximum Gasteiger partial charge on any atom is 0.123 e. The quantitative estimate of drug-likeness (QED) is 0.611. The lowest BCUT2D eigenvalue weighted by Gasteiger charge is -2.04. The van der Waals surface area contributed by atoms with Gasteiger partial charge in [0.05, 0.1) is 11.2 Å². The standard InChI is InChI=1S/C16H11BrFN/c17-10-11-1-7-16-13(9-11)4-8-15(19-16)12-2-5-14(18)6-3-12/h1-9H,10H2. The molecule has 0 spiro atoms. The molecule has 1 nitrogen and oxygen atoms in total. The number of alkyl halides is 1. The van der Waals surface area contributed by atoms with Gasteiger partial charge in [-0.3, -0.25) is 0 Å². The van der Waals surface area contributed by atoms with Crippen LogP contribution in [0.5, 0.6) is 0 Å². The first kappa shape index (κ1) is 12.3. The van der Waals surface area contributed by atoms with E-state index in [1.54, 1.807) is 12.1 Å². The minimum absolute atomic E-state index is 0.230. The van der Waals surface area contributed by atoms with Crippen LogP contribution in [0.4, 0.5) is 4.39 Å². The summed E-state index contributed by atoms with van der Waals surface area (Å²) in [5.74, 6) is -0.230. The first-order valence-electron chi connectivity index (χ1n) is 5.98. The maximum atomic E-state index is 12.9. The number of pyridine rings is 1. The molecule has 0 fully saturated rings. The Kier molecular flexibility index (Phi) is 3.30. The van der Waals surface area contributed by atoms with Gasteiger partial charge in [-0.2, -0.15) is 0 Å². The highest BCUT2D eigenvalue weighted by Gasteiger charge is 2.02. The van der Waals surface area contributed by atoms with Crippen molar-refractivity contribution in [1.82, 2.24) is 4.98 Å². The molecule has 0 N–H and O–H groups in total. The fourth-order valence-electron chi connectivity index (χ4n) is 2.04. The van der Waals surface area contributed by atoms with Gasteiger partial charge in [0.1, 0.15) is 5.82 Å². The van der Waals surface area contributed by atoms with E-state index >= 15 is 0 Å². The van der Waals surface area contributed by atoms with Crippen molar-refractivity contribution in [3.63, 3.8) is 0 Å². The third-order valence-corrected chi connectivity index (χ3v) is 3.70. The van der Waals surface area contributed by atoms with Crippen LogP contribution in [0.15, 0.2) is 54.6 Å². The molecule has 0 saturated carbocycles. The zero-order valence-electron chi connectivity index (χ0n) is 10.1. The molecule has 1 heterocycles. The lowest BCUT2D eigenvalue weighted by molar-refractivity contribution is 0.628. The second kappa shape index (κ2) is 5.10. The monoisotopic (exact) mass is 315 g/mol. The van der Waals surface area contributed by atoms with Crippen LogP contribution in [-0.4, -0.2) is 4.98 Å². The van der Waals surface area contributed by atoms with Crippen LogP contribution in [0.25, 0.3) is 22.2 Å². The van der Waals surface area contributed by atoms with Crippen LogP contribution in [-0.2, 0) is 5.33 Å². The number of nitrogens with zero attached hydrogens (tertiary/aromatic N) is 1. The van der Waals surface area contributed by atoms with E-state index in [9.17, 15) is 4.39 Å². The Morgan fingerprint density at radius 1 is 0.947 bits per heavy atom. The molecule has 2 aromatic carbocycles. The second-order valence-electron chi connectivity index (χ2n) is 4.36. The van der Waals surface area contributed by atoms with E-state index in [1.165, 1.54) is 17.7 Å². The normalized spacial score (nSPS) is 10.8. The average Bonchev–Trinajstić information content (AvgIpc) is 2.47. The predicted molar refractivity (Wildman–Crippen MR) is 79.8 cm³/mol. The summed E-state index contributed by atoms with van der Waals surface area (Å²) in [6.07, 6.45) is 0. The number of hydrogen-bond donors (Lipinski definition) is 0. The van der Waals surface area contributed by atoms with Gasteiger partial charge in [0.15, 0.2) is 0 Å². The van der Waals surface area contributed by atoms with Gasteiger partial charge in [-0.1, -0.05) is 28.1 Å². The lowest BCUT2D eigenvalue weighted by Crippen LogP contribution is -1.87. The van der Waals surface area contributed by atoms with E-state index in [0.29, 0.717) is 0 Å².